The minimum absolute atomic E-state index is 0.208. The highest BCUT2D eigenvalue weighted by Crippen LogP contribution is 2.38. The number of alkyl halides is 1. The molecule has 2 aliphatic heterocycles. The van der Waals surface area contributed by atoms with E-state index in [0.717, 1.165) is 31.8 Å². The molecule has 1 aliphatic carbocycles. The van der Waals surface area contributed by atoms with Gasteiger partial charge in [-0.2, -0.15) is 0 Å². The fraction of sp³-hybridized carbons (Fsp3) is 1.00. The van der Waals surface area contributed by atoms with E-state index in [9.17, 15) is 5.11 Å². The zero-order valence-corrected chi connectivity index (χ0v) is 15.2. The first-order chi connectivity index (χ1) is 10.9. The van der Waals surface area contributed by atoms with Gasteiger partial charge in [0.2, 0.25) is 0 Å². The van der Waals surface area contributed by atoms with Crippen LogP contribution >= 0.6 is 11.6 Å². The summed E-state index contributed by atoms with van der Waals surface area (Å²) >= 11 is 6.29. The number of fused-ring (bicyclic) bond motifs is 1. The summed E-state index contributed by atoms with van der Waals surface area (Å²) in [4.78, 5) is 0. The molecule has 0 aromatic carbocycles. The lowest BCUT2D eigenvalue weighted by atomic mass is 9.70. The third-order valence-electron chi connectivity index (χ3n) is 5.84. The van der Waals surface area contributed by atoms with Crippen LogP contribution in [-0.4, -0.2) is 47.9 Å². The second-order valence-corrected chi connectivity index (χ2v) is 8.94. The first-order valence-corrected chi connectivity index (χ1v) is 9.69. The number of rotatable bonds is 4. The molecule has 1 saturated carbocycles. The number of piperidine rings is 1. The fourth-order valence-electron chi connectivity index (χ4n) is 4.58. The van der Waals surface area contributed by atoms with E-state index in [0.29, 0.717) is 29.8 Å². The van der Waals surface area contributed by atoms with Crippen molar-refractivity contribution >= 4 is 11.6 Å². The quantitative estimate of drug-likeness (QED) is 0.495. The van der Waals surface area contributed by atoms with Gasteiger partial charge in [0, 0.05) is 30.4 Å². The van der Waals surface area contributed by atoms with Crippen LogP contribution in [0.25, 0.3) is 0 Å². The van der Waals surface area contributed by atoms with E-state index in [1.54, 1.807) is 0 Å². The van der Waals surface area contributed by atoms with E-state index in [4.69, 9.17) is 11.6 Å². The Kier molecular flexibility index (Phi) is 5.87. The highest BCUT2D eigenvalue weighted by molar-refractivity contribution is 6.20. The Balaban J connectivity index is 1.62. The Labute approximate surface area is 145 Å². The molecule has 4 atom stereocenters. The molecule has 0 spiro atoms. The second-order valence-electron chi connectivity index (χ2n) is 8.32. The third-order valence-corrected chi connectivity index (χ3v) is 6.28. The van der Waals surface area contributed by atoms with Gasteiger partial charge in [-0.3, -0.25) is 10.7 Å². The van der Waals surface area contributed by atoms with Crippen LogP contribution in [0.3, 0.4) is 0 Å². The van der Waals surface area contributed by atoms with E-state index in [1.165, 1.54) is 19.3 Å². The molecule has 0 radical (unpaired) electrons. The third kappa shape index (κ3) is 4.59. The molecule has 0 aromatic rings. The van der Waals surface area contributed by atoms with Crippen LogP contribution in [-0.2, 0) is 0 Å². The van der Waals surface area contributed by atoms with Crippen LogP contribution in [0, 0.1) is 17.8 Å². The van der Waals surface area contributed by atoms with E-state index in [2.05, 4.69) is 21.5 Å². The second kappa shape index (κ2) is 7.54. The van der Waals surface area contributed by atoms with Crippen molar-refractivity contribution in [2.24, 2.45) is 17.8 Å². The van der Waals surface area contributed by atoms with Crippen molar-refractivity contribution in [3.63, 3.8) is 0 Å². The predicted octanol–water partition coefficient (Wildman–Crippen LogP) is 1.17. The fourth-order valence-corrected chi connectivity index (χ4v) is 4.83. The predicted molar refractivity (Wildman–Crippen MR) is 94.2 cm³/mol. The van der Waals surface area contributed by atoms with Crippen molar-refractivity contribution in [1.29, 1.82) is 0 Å². The molecule has 5 N–H and O–H groups in total. The first-order valence-electron chi connectivity index (χ1n) is 9.25. The van der Waals surface area contributed by atoms with Crippen LogP contribution in [0.5, 0.6) is 0 Å². The number of hydrogen-bond acceptors (Lipinski definition) is 5. The smallest absolute Gasteiger partial charge is 0.0749 e. The Hall–Kier alpha value is 0.0900. The van der Waals surface area contributed by atoms with Gasteiger partial charge in [0.15, 0.2) is 0 Å². The van der Waals surface area contributed by atoms with Crippen molar-refractivity contribution in [3.8, 4) is 0 Å². The molecule has 0 bridgehead atoms. The maximum Gasteiger partial charge on any atom is 0.0749 e. The largest absolute Gasteiger partial charge is 0.389 e. The number of halogens is 1. The minimum Gasteiger partial charge on any atom is -0.389 e. The molecule has 4 unspecified atom stereocenters. The molecule has 0 aromatic heterocycles. The Bertz CT molecular complexity index is 381. The van der Waals surface area contributed by atoms with Gasteiger partial charge in [0.05, 0.1) is 11.8 Å². The van der Waals surface area contributed by atoms with Crippen molar-refractivity contribution in [2.45, 2.75) is 69.1 Å². The van der Waals surface area contributed by atoms with Crippen LogP contribution < -0.4 is 21.5 Å². The van der Waals surface area contributed by atoms with Crippen LogP contribution in [0.1, 0.15) is 46.0 Å². The molecule has 5 nitrogen and oxygen atoms in total. The maximum absolute atomic E-state index is 9.99. The van der Waals surface area contributed by atoms with Gasteiger partial charge in [-0.05, 0) is 64.3 Å². The Morgan fingerprint density at radius 2 is 1.83 bits per heavy atom. The molecule has 3 fully saturated rings. The van der Waals surface area contributed by atoms with Gasteiger partial charge >= 0.3 is 0 Å². The minimum atomic E-state index is -0.686. The van der Waals surface area contributed by atoms with E-state index < -0.39 is 5.60 Å². The molecule has 3 aliphatic rings. The van der Waals surface area contributed by atoms with E-state index in [1.807, 2.05) is 13.8 Å². The molecule has 2 heterocycles. The Morgan fingerprint density at radius 1 is 1.09 bits per heavy atom. The SMILES string of the molecule is CC(C)(O)CNC1NNC(C2CCC(Cl)CC2)C2CCNCC12. The van der Waals surface area contributed by atoms with Gasteiger partial charge in [0.25, 0.3) is 0 Å². The number of hydrazine groups is 1. The van der Waals surface area contributed by atoms with E-state index >= 15 is 0 Å². The van der Waals surface area contributed by atoms with Crippen LogP contribution in [0.2, 0.25) is 0 Å². The molecule has 2 saturated heterocycles. The van der Waals surface area contributed by atoms with Gasteiger partial charge in [-0.1, -0.05) is 0 Å². The van der Waals surface area contributed by atoms with Crippen LogP contribution in [0.4, 0.5) is 0 Å². The summed E-state index contributed by atoms with van der Waals surface area (Å²) < 4.78 is 0. The van der Waals surface area contributed by atoms with Gasteiger partial charge in [-0.25, -0.2) is 5.43 Å². The molecular weight excluding hydrogens is 312 g/mol. The molecular formula is C17H33ClN4O. The standard InChI is InChI=1S/C17H33ClN4O/c1-17(2,23)10-20-16-14-9-19-8-7-13(14)15(21-22-16)11-3-5-12(18)6-4-11/h11-16,19-23H,3-10H2,1-2H3. The van der Waals surface area contributed by atoms with Crippen molar-refractivity contribution in [1.82, 2.24) is 21.5 Å². The highest BCUT2D eigenvalue weighted by atomic mass is 35.5. The summed E-state index contributed by atoms with van der Waals surface area (Å²) in [6, 6.07) is 0.548. The van der Waals surface area contributed by atoms with Gasteiger partial charge in [0.1, 0.15) is 0 Å². The lowest BCUT2D eigenvalue weighted by Crippen LogP contribution is -2.70. The summed E-state index contributed by atoms with van der Waals surface area (Å²) in [6.07, 6.45) is 6.23. The average molecular weight is 345 g/mol. The van der Waals surface area contributed by atoms with E-state index in [-0.39, 0.29) is 6.17 Å². The summed E-state index contributed by atoms with van der Waals surface area (Å²) in [7, 11) is 0. The molecule has 0 amide bonds. The molecule has 3 rings (SSSR count). The first kappa shape index (κ1) is 17.9. The van der Waals surface area contributed by atoms with Gasteiger partial charge < -0.3 is 10.4 Å². The lowest BCUT2D eigenvalue weighted by molar-refractivity contribution is 0.0166. The monoisotopic (exact) mass is 344 g/mol. The number of nitrogens with one attached hydrogen (secondary N) is 4. The molecule has 23 heavy (non-hydrogen) atoms. The van der Waals surface area contributed by atoms with Gasteiger partial charge in [-0.15, -0.1) is 11.6 Å². The van der Waals surface area contributed by atoms with Crippen molar-refractivity contribution < 1.29 is 5.11 Å². The zero-order valence-electron chi connectivity index (χ0n) is 14.4. The topological polar surface area (TPSA) is 68.3 Å². The summed E-state index contributed by atoms with van der Waals surface area (Å²) in [6.45, 7) is 6.45. The normalized spacial score (nSPS) is 42.3. The summed E-state index contributed by atoms with van der Waals surface area (Å²) in [5.74, 6) is 1.98. The van der Waals surface area contributed by atoms with Crippen LogP contribution in [0.15, 0.2) is 0 Å². The highest BCUT2D eigenvalue weighted by Gasteiger charge is 2.44. The number of aliphatic hydroxyl groups is 1. The lowest BCUT2D eigenvalue weighted by Gasteiger charge is -2.50. The summed E-state index contributed by atoms with van der Waals surface area (Å²) in [5.41, 5.74) is 6.44. The number of hydrogen-bond donors (Lipinski definition) is 5. The Morgan fingerprint density at radius 3 is 2.52 bits per heavy atom. The molecule has 6 heteroatoms. The molecule has 134 valence electrons. The average Bonchev–Trinajstić information content (AvgIpc) is 2.53. The van der Waals surface area contributed by atoms with Crippen molar-refractivity contribution in [3.05, 3.63) is 0 Å². The zero-order chi connectivity index (χ0) is 16.4. The maximum atomic E-state index is 9.99. The van der Waals surface area contributed by atoms with Crippen molar-refractivity contribution in [2.75, 3.05) is 19.6 Å². The summed E-state index contributed by atoms with van der Waals surface area (Å²) in [5, 5.41) is 17.4.